The minimum Gasteiger partial charge on any atom is -0.332 e. The molecule has 6 nitrogen and oxygen atoms in total. The van der Waals surface area contributed by atoms with E-state index in [9.17, 15) is 5.26 Å². The molecule has 0 aliphatic rings. The van der Waals surface area contributed by atoms with Crippen molar-refractivity contribution in [2.75, 3.05) is 10.6 Å². The van der Waals surface area contributed by atoms with Gasteiger partial charge in [-0.05, 0) is 36.5 Å². The number of thiocarbonyl (C=S) groups is 1. The van der Waals surface area contributed by atoms with Crippen LogP contribution in [-0.2, 0) is 0 Å². The van der Waals surface area contributed by atoms with Crippen molar-refractivity contribution in [1.29, 1.82) is 5.26 Å². The molecular formula is C16H12N6S. The van der Waals surface area contributed by atoms with E-state index in [-0.39, 0.29) is 0 Å². The SMILES string of the molecule is N#Cc1cnn(-c2ccccn2)c1NC(=S)Nc1ccccc1. The van der Waals surface area contributed by atoms with Crippen LogP contribution in [0.15, 0.2) is 60.9 Å². The van der Waals surface area contributed by atoms with E-state index < -0.39 is 0 Å². The Morgan fingerprint density at radius 2 is 1.87 bits per heavy atom. The summed E-state index contributed by atoms with van der Waals surface area (Å²) in [4.78, 5) is 4.24. The van der Waals surface area contributed by atoms with Gasteiger partial charge >= 0.3 is 0 Å². The highest BCUT2D eigenvalue weighted by Crippen LogP contribution is 2.18. The first-order valence-electron chi connectivity index (χ1n) is 6.80. The second kappa shape index (κ2) is 6.68. The number of nitriles is 1. The molecule has 0 spiro atoms. The highest BCUT2D eigenvalue weighted by molar-refractivity contribution is 7.80. The Balaban J connectivity index is 1.86. The second-order valence-corrected chi connectivity index (χ2v) is 4.97. The Kier molecular flexibility index (Phi) is 4.27. The number of para-hydroxylation sites is 1. The van der Waals surface area contributed by atoms with Crippen LogP contribution in [-0.4, -0.2) is 19.9 Å². The number of nitrogens with one attached hydrogen (secondary N) is 2. The molecule has 0 saturated carbocycles. The summed E-state index contributed by atoms with van der Waals surface area (Å²) in [5.74, 6) is 1.07. The molecule has 0 unspecified atom stereocenters. The highest BCUT2D eigenvalue weighted by Gasteiger charge is 2.14. The van der Waals surface area contributed by atoms with E-state index in [2.05, 4.69) is 26.8 Å². The van der Waals surface area contributed by atoms with Gasteiger partial charge in [-0.25, -0.2) is 4.98 Å². The summed E-state index contributed by atoms with van der Waals surface area (Å²) in [6.07, 6.45) is 3.13. The molecule has 0 aliphatic heterocycles. The minimum absolute atomic E-state index is 0.366. The standard InChI is InChI=1S/C16H12N6S/c17-10-12-11-19-22(14-8-4-5-9-18-14)15(12)21-16(23)20-13-6-2-1-3-7-13/h1-9,11H,(H2,20,21,23). The van der Waals surface area contributed by atoms with E-state index in [1.54, 1.807) is 12.3 Å². The average molecular weight is 320 g/mol. The molecule has 0 aliphatic carbocycles. The molecule has 0 fully saturated rings. The largest absolute Gasteiger partial charge is 0.332 e. The van der Waals surface area contributed by atoms with Crippen LogP contribution in [0.2, 0.25) is 0 Å². The number of benzene rings is 1. The van der Waals surface area contributed by atoms with Crippen molar-refractivity contribution in [3.05, 3.63) is 66.5 Å². The molecule has 3 aromatic rings. The first kappa shape index (κ1) is 14.7. The third-order valence-corrected chi connectivity index (χ3v) is 3.22. The zero-order valence-corrected chi connectivity index (χ0v) is 12.8. The first-order chi connectivity index (χ1) is 11.3. The molecule has 0 atom stereocenters. The van der Waals surface area contributed by atoms with Gasteiger partial charge in [-0.1, -0.05) is 24.3 Å². The summed E-state index contributed by atoms with van der Waals surface area (Å²) >= 11 is 5.31. The van der Waals surface area contributed by atoms with E-state index in [0.717, 1.165) is 5.69 Å². The van der Waals surface area contributed by atoms with Crippen LogP contribution in [0.5, 0.6) is 0 Å². The second-order valence-electron chi connectivity index (χ2n) is 4.56. The zero-order chi connectivity index (χ0) is 16.1. The Hall–Kier alpha value is -3.24. The van der Waals surface area contributed by atoms with Crippen LogP contribution in [0.4, 0.5) is 11.5 Å². The summed E-state index contributed by atoms with van der Waals surface area (Å²) < 4.78 is 1.54. The number of nitrogens with zero attached hydrogens (tertiary/aromatic N) is 4. The third kappa shape index (κ3) is 3.33. The van der Waals surface area contributed by atoms with Crippen LogP contribution < -0.4 is 10.6 Å². The quantitative estimate of drug-likeness (QED) is 0.722. The smallest absolute Gasteiger partial charge is 0.176 e. The molecule has 0 radical (unpaired) electrons. The highest BCUT2D eigenvalue weighted by atomic mass is 32.1. The maximum atomic E-state index is 9.25. The third-order valence-electron chi connectivity index (χ3n) is 3.02. The maximum Gasteiger partial charge on any atom is 0.176 e. The summed E-state index contributed by atoms with van der Waals surface area (Å²) in [6, 6.07) is 17.1. The molecule has 3 rings (SSSR count). The molecule has 0 saturated heterocycles. The van der Waals surface area contributed by atoms with E-state index in [0.29, 0.717) is 22.3 Å². The lowest BCUT2D eigenvalue weighted by molar-refractivity contribution is 0.856. The van der Waals surface area contributed by atoms with Crippen molar-refractivity contribution < 1.29 is 0 Å². The summed E-state index contributed by atoms with van der Waals surface area (Å²) in [6.45, 7) is 0. The zero-order valence-electron chi connectivity index (χ0n) is 12.0. The van der Waals surface area contributed by atoms with Crippen molar-refractivity contribution in [2.24, 2.45) is 0 Å². The summed E-state index contributed by atoms with van der Waals surface area (Å²) in [7, 11) is 0. The molecule has 2 aromatic heterocycles. The van der Waals surface area contributed by atoms with Crippen molar-refractivity contribution >= 4 is 28.8 Å². The van der Waals surface area contributed by atoms with E-state index in [1.807, 2.05) is 42.5 Å². The monoisotopic (exact) mass is 320 g/mol. The van der Waals surface area contributed by atoms with E-state index >= 15 is 0 Å². The van der Waals surface area contributed by atoms with Gasteiger partial charge < -0.3 is 10.6 Å². The van der Waals surface area contributed by atoms with Gasteiger partial charge in [-0.3, -0.25) is 0 Å². The number of rotatable bonds is 3. The minimum atomic E-state index is 0.366. The predicted molar refractivity (Wildman–Crippen MR) is 92.4 cm³/mol. The average Bonchev–Trinajstić information content (AvgIpc) is 2.99. The Bertz CT molecular complexity index is 851. The molecule has 112 valence electrons. The van der Waals surface area contributed by atoms with Gasteiger partial charge in [0, 0.05) is 11.9 Å². The summed E-state index contributed by atoms with van der Waals surface area (Å²) in [5.41, 5.74) is 1.24. The van der Waals surface area contributed by atoms with Crippen LogP contribution in [0, 0.1) is 11.3 Å². The molecular weight excluding hydrogens is 308 g/mol. The van der Waals surface area contributed by atoms with Gasteiger partial charge in [0.2, 0.25) is 0 Å². The maximum absolute atomic E-state index is 9.25. The van der Waals surface area contributed by atoms with Crippen LogP contribution in [0.25, 0.3) is 5.82 Å². The number of hydrogen-bond donors (Lipinski definition) is 2. The molecule has 1 aromatic carbocycles. The van der Waals surface area contributed by atoms with Gasteiger partial charge in [0.1, 0.15) is 11.6 Å². The van der Waals surface area contributed by atoms with Crippen LogP contribution >= 0.6 is 12.2 Å². The molecule has 2 N–H and O–H groups in total. The number of anilines is 2. The molecule has 2 heterocycles. The predicted octanol–water partition coefficient (Wildman–Crippen LogP) is 2.95. The van der Waals surface area contributed by atoms with Crippen molar-refractivity contribution in [3.8, 4) is 11.9 Å². The number of hydrogen-bond acceptors (Lipinski definition) is 4. The Morgan fingerprint density at radius 1 is 1.09 bits per heavy atom. The summed E-state index contributed by atoms with van der Waals surface area (Å²) in [5, 5.41) is 19.9. The lowest BCUT2D eigenvalue weighted by Gasteiger charge is -2.12. The van der Waals surface area contributed by atoms with Gasteiger partial charge in [0.25, 0.3) is 0 Å². The fraction of sp³-hybridized carbons (Fsp3) is 0. The Morgan fingerprint density at radius 3 is 2.57 bits per heavy atom. The fourth-order valence-electron chi connectivity index (χ4n) is 1.99. The van der Waals surface area contributed by atoms with Crippen molar-refractivity contribution in [2.45, 2.75) is 0 Å². The number of pyridine rings is 1. The van der Waals surface area contributed by atoms with Crippen LogP contribution in [0.3, 0.4) is 0 Å². The van der Waals surface area contributed by atoms with Crippen LogP contribution in [0.1, 0.15) is 5.56 Å². The molecule has 23 heavy (non-hydrogen) atoms. The normalized spacial score (nSPS) is 9.87. The Labute approximate surface area is 138 Å². The topological polar surface area (TPSA) is 78.6 Å². The molecule has 0 amide bonds. The van der Waals surface area contributed by atoms with Gasteiger partial charge in [-0.15, -0.1) is 0 Å². The fourth-order valence-corrected chi connectivity index (χ4v) is 2.21. The van der Waals surface area contributed by atoms with Crippen molar-refractivity contribution in [1.82, 2.24) is 14.8 Å². The van der Waals surface area contributed by atoms with Gasteiger partial charge in [0.15, 0.2) is 16.7 Å². The van der Waals surface area contributed by atoms with Crippen molar-refractivity contribution in [3.63, 3.8) is 0 Å². The van der Waals surface area contributed by atoms with E-state index in [4.69, 9.17) is 12.2 Å². The van der Waals surface area contributed by atoms with Gasteiger partial charge in [0.05, 0.1) is 6.20 Å². The van der Waals surface area contributed by atoms with Gasteiger partial charge in [-0.2, -0.15) is 15.0 Å². The van der Waals surface area contributed by atoms with E-state index in [1.165, 1.54) is 10.9 Å². The molecule has 0 bridgehead atoms. The lowest BCUT2D eigenvalue weighted by Crippen LogP contribution is -2.21. The molecule has 7 heteroatoms. The first-order valence-corrected chi connectivity index (χ1v) is 7.21. The lowest BCUT2D eigenvalue weighted by atomic mass is 10.3. The number of aromatic nitrogens is 3.